The molecule has 74 valence electrons. The van der Waals surface area contributed by atoms with Crippen molar-refractivity contribution in [1.82, 2.24) is 0 Å². The molecule has 1 aliphatic heterocycles. The normalized spacial score (nSPS) is 21.1. The fraction of sp³-hybridized carbons (Fsp3) is 0.300. The zero-order valence-electron chi connectivity index (χ0n) is 7.72. The standard InChI is InChI=1S/C10H12N2O2/c11-6-9-7-14-10(13)12(9)8-4-2-1-3-5-8/h1-5,9H,6-7,11H2. The number of cyclic esters (lactones) is 1. The van der Waals surface area contributed by atoms with Crippen LogP contribution >= 0.6 is 0 Å². The number of rotatable bonds is 2. The van der Waals surface area contributed by atoms with E-state index in [-0.39, 0.29) is 12.1 Å². The minimum absolute atomic E-state index is 0.0371. The number of hydrogen-bond donors (Lipinski definition) is 1. The Morgan fingerprint density at radius 3 is 2.79 bits per heavy atom. The molecule has 1 aliphatic rings. The van der Waals surface area contributed by atoms with Crippen LogP contribution in [0.25, 0.3) is 0 Å². The van der Waals surface area contributed by atoms with Gasteiger partial charge in [0.25, 0.3) is 0 Å². The monoisotopic (exact) mass is 192 g/mol. The lowest BCUT2D eigenvalue weighted by atomic mass is 10.2. The molecule has 1 atom stereocenters. The fourth-order valence-electron chi connectivity index (χ4n) is 1.54. The highest BCUT2D eigenvalue weighted by Crippen LogP contribution is 2.21. The van der Waals surface area contributed by atoms with E-state index in [1.807, 2.05) is 30.3 Å². The molecule has 2 N–H and O–H groups in total. The molecule has 4 nitrogen and oxygen atoms in total. The number of ether oxygens (including phenoxy) is 1. The van der Waals surface area contributed by atoms with Gasteiger partial charge in [0.05, 0.1) is 6.04 Å². The third kappa shape index (κ3) is 1.44. The minimum atomic E-state index is -0.313. The Morgan fingerprint density at radius 2 is 2.14 bits per heavy atom. The number of hydrogen-bond acceptors (Lipinski definition) is 3. The van der Waals surface area contributed by atoms with E-state index in [4.69, 9.17) is 10.5 Å². The highest BCUT2D eigenvalue weighted by atomic mass is 16.6. The summed E-state index contributed by atoms with van der Waals surface area (Å²) in [5, 5.41) is 0. The Hall–Kier alpha value is -1.55. The first-order valence-corrected chi connectivity index (χ1v) is 4.54. The highest BCUT2D eigenvalue weighted by molar-refractivity contribution is 5.90. The highest BCUT2D eigenvalue weighted by Gasteiger charge is 2.32. The first-order valence-electron chi connectivity index (χ1n) is 4.54. The van der Waals surface area contributed by atoms with Gasteiger partial charge in [-0.15, -0.1) is 0 Å². The van der Waals surface area contributed by atoms with Crippen LogP contribution in [0.4, 0.5) is 10.5 Å². The Morgan fingerprint density at radius 1 is 1.43 bits per heavy atom. The van der Waals surface area contributed by atoms with Crippen molar-refractivity contribution in [1.29, 1.82) is 0 Å². The maximum Gasteiger partial charge on any atom is 0.414 e. The number of anilines is 1. The van der Waals surface area contributed by atoms with Crippen molar-refractivity contribution in [3.05, 3.63) is 30.3 Å². The fourth-order valence-corrected chi connectivity index (χ4v) is 1.54. The summed E-state index contributed by atoms with van der Waals surface area (Å²) < 4.78 is 4.93. The quantitative estimate of drug-likeness (QED) is 0.759. The molecule has 0 saturated carbocycles. The van der Waals surface area contributed by atoms with Crippen LogP contribution in [0.2, 0.25) is 0 Å². The lowest BCUT2D eigenvalue weighted by Crippen LogP contribution is -2.38. The third-order valence-corrected chi connectivity index (χ3v) is 2.27. The van der Waals surface area contributed by atoms with Crippen molar-refractivity contribution in [2.45, 2.75) is 6.04 Å². The molecular weight excluding hydrogens is 180 g/mol. The Labute approximate surface area is 82.3 Å². The van der Waals surface area contributed by atoms with E-state index in [0.717, 1.165) is 5.69 Å². The second-order valence-corrected chi connectivity index (χ2v) is 3.17. The third-order valence-electron chi connectivity index (χ3n) is 2.27. The molecule has 0 spiro atoms. The van der Waals surface area contributed by atoms with Crippen molar-refractivity contribution in [2.24, 2.45) is 5.73 Å². The zero-order chi connectivity index (χ0) is 9.97. The number of amides is 1. The van der Waals surface area contributed by atoms with Crippen molar-refractivity contribution < 1.29 is 9.53 Å². The summed E-state index contributed by atoms with van der Waals surface area (Å²) >= 11 is 0. The van der Waals surface area contributed by atoms with Crippen molar-refractivity contribution in [3.63, 3.8) is 0 Å². The molecule has 1 amide bonds. The SMILES string of the molecule is NCC1COC(=O)N1c1ccccc1. The van der Waals surface area contributed by atoms with Crippen molar-refractivity contribution >= 4 is 11.8 Å². The molecule has 1 fully saturated rings. The molecule has 0 radical (unpaired) electrons. The van der Waals surface area contributed by atoms with Crippen molar-refractivity contribution in [3.8, 4) is 0 Å². The number of carbonyl (C=O) groups excluding carboxylic acids is 1. The first kappa shape index (κ1) is 9.02. The van der Waals surface area contributed by atoms with Gasteiger partial charge in [0.2, 0.25) is 0 Å². The molecule has 0 aliphatic carbocycles. The molecule has 0 aromatic heterocycles. The number of nitrogens with zero attached hydrogens (tertiary/aromatic N) is 1. The van der Waals surface area contributed by atoms with E-state index in [1.165, 1.54) is 0 Å². The molecule has 1 heterocycles. The zero-order valence-corrected chi connectivity index (χ0v) is 7.72. The van der Waals surface area contributed by atoms with Crippen LogP contribution in [0.5, 0.6) is 0 Å². The van der Waals surface area contributed by atoms with Gasteiger partial charge in [-0.25, -0.2) is 4.79 Å². The van der Waals surface area contributed by atoms with Crippen molar-refractivity contribution in [2.75, 3.05) is 18.1 Å². The van der Waals surface area contributed by atoms with E-state index in [2.05, 4.69) is 0 Å². The van der Waals surface area contributed by atoms with Gasteiger partial charge in [0.1, 0.15) is 6.61 Å². The molecule has 1 unspecified atom stereocenters. The van der Waals surface area contributed by atoms with Crippen LogP contribution < -0.4 is 10.6 Å². The average molecular weight is 192 g/mol. The van der Waals surface area contributed by atoms with Crippen LogP contribution in [0.1, 0.15) is 0 Å². The molecule has 1 saturated heterocycles. The average Bonchev–Trinajstić information content (AvgIpc) is 2.61. The first-order chi connectivity index (χ1) is 6.83. The molecule has 1 aromatic carbocycles. The smallest absolute Gasteiger partial charge is 0.414 e. The molecule has 2 rings (SSSR count). The van der Waals surface area contributed by atoms with Gasteiger partial charge in [-0.05, 0) is 12.1 Å². The summed E-state index contributed by atoms with van der Waals surface area (Å²) in [4.78, 5) is 13.0. The summed E-state index contributed by atoms with van der Waals surface area (Å²) in [6, 6.07) is 9.38. The Balaban J connectivity index is 2.28. The maximum absolute atomic E-state index is 11.4. The Bertz CT molecular complexity index is 326. The summed E-state index contributed by atoms with van der Waals surface area (Å²) in [5.41, 5.74) is 6.39. The predicted molar refractivity (Wildman–Crippen MR) is 53.1 cm³/mol. The Kier molecular flexibility index (Phi) is 2.37. The van der Waals surface area contributed by atoms with Gasteiger partial charge in [-0.2, -0.15) is 0 Å². The van der Waals surface area contributed by atoms with E-state index in [1.54, 1.807) is 4.90 Å². The van der Waals surface area contributed by atoms with Gasteiger partial charge in [0, 0.05) is 12.2 Å². The number of carbonyl (C=O) groups is 1. The summed E-state index contributed by atoms with van der Waals surface area (Å²) in [6.07, 6.45) is -0.313. The molecule has 4 heteroatoms. The van der Waals surface area contributed by atoms with Gasteiger partial charge in [-0.3, -0.25) is 4.90 Å². The number of para-hydroxylation sites is 1. The van der Waals surface area contributed by atoms with Crippen LogP contribution in [-0.2, 0) is 4.74 Å². The summed E-state index contributed by atoms with van der Waals surface area (Å²) in [5.74, 6) is 0. The lowest BCUT2D eigenvalue weighted by Gasteiger charge is -2.19. The van der Waals surface area contributed by atoms with E-state index < -0.39 is 0 Å². The summed E-state index contributed by atoms with van der Waals surface area (Å²) in [6.45, 7) is 0.796. The van der Waals surface area contributed by atoms with Crippen LogP contribution in [0.3, 0.4) is 0 Å². The molecule has 14 heavy (non-hydrogen) atoms. The second kappa shape index (κ2) is 3.67. The van der Waals surface area contributed by atoms with E-state index in [9.17, 15) is 4.79 Å². The topological polar surface area (TPSA) is 55.6 Å². The molecule has 1 aromatic rings. The van der Waals surface area contributed by atoms with Gasteiger partial charge < -0.3 is 10.5 Å². The van der Waals surface area contributed by atoms with E-state index >= 15 is 0 Å². The minimum Gasteiger partial charge on any atom is -0.447 e. The molecular formula is C10H12N2O2. The van der Waals surface area contributed by atoms with Crippen LogP contribution in [-0.4, -0.2) is 25.3 Å². The summed E-state index contributed by atoms with van der Waals surface area (Å²) in [7, 11) is 0. The number of nitrogens with two attached hydrogens (primary N) is 1. The van der Waals surface area contributed by atoms with Gasteiger partial charge >= 0.3 is 6.09 Å². The maximum atomic E-state index is 11.4. The van der Waals surface area contributed by atoms with Crippen LogP contribution in [0.15, 0.2) is 30.3 Å². The van der Waals surface area contributed by atoms with Crippen LogP contribution in [0, 0.1) is 0 Å². The lowest BCUT2D eigenvalue weighted by molar-refractivity contribution is 0.179. The predicted octanol–water partition coefficient (Wildman–Crippen LogP) is 0.970. The van der Waals surface area contributed by atoms with Gasteiger partial charge in [-0.1, -0.05) is 18.2 Å². The molecule has 0 bridgehead atoms. The van der Waals surface area contributed by atoms with Gasteiger partial charge in [0.15, 0.2) is 0 Å². The van der Waals surface area contributed by atoms with E-state index in [0.29, 0.717) is 13.2 Å². The number of benzene rings is 1. The largest absolute Gasteiger partial charge is 0.447 e. The second-order valence-electron chi connectivity index (χ2n) is 3.17.